The number of hydrogen-bond donors (Lipinski definition) is 1. The Labute approximate surface area is 137 Å². The summed E-state index contributed by atoms with van der Waals surface area (Å²) >= 11 is 0. The summed E-state index contributed by atoms with van der Waals surface area (Å²) < 4.78 is 0. The van der Waals surface area contributed by atoms with Crippen LogP contribution in [0.5, 0.6) is 0 Å². The van der Waals surface area contributed by atoms with E-state index in [4.69, 9.17) is 10.5 Å². The molecule has 1 N–H and O–H groups in total. The van der Waals surface area contributed by atoms with Crippen LogP contribution in [0.2, 0.25) is 0 Å². The molecule has 0 aliphatic heterocycles. The first-order chi connectivity index (χ1) is 11.6. The molecule has 0 atom stereocenters. The van der Waals surface area contributed by atoms with Crippen LogP contribution < -0.4 is 5.32 Å². The van der Waals surface area contributed by atoms with E-state index in [-0.39, 0.29) is 28.3 Å². The van der Waals surface area contributed by atoms with Crippen molar-refractivity contribution in [3.05, 3.63) is 81.5 Å². The van der Waals surface area contributed by atoms with Gasteiger partial charge in [-0.2, -0.15) is 10.5 Å². The molecule has 0 aliphatic rings. The zero-order valence-corrected chi connectivity index (χ0v) is 12.3. The van der Waals surface area contributed by atoms with Crippen LogP contribution in [0.15, 0.2) is 60.3 Å². The lowest BCUT2D eigenvalue weighted by Crippen LogP contribution is -2.04. The van der Waals surface area contributed by atoms with Gasteiger partial charge in [-0.1, -0.05) is 30.3 Å². The standard InChI is InChI=1S/C17H10N4O3/c18-9-12(10-19)11-20-15-7-6-14(8-16(15)21(23)24)17(22)13-4-2-1-3-5-13/h1-8,11,20H. The molecule has 0 saturated carbocycles. The molecular formula is C17H10N4O3. The van der Waals surface area contributed by atoms with E-state index in [1.54, 1.807) is 42.5 Å². The molecule has 7 nitrogen and oxygen atoms in total. The second-order valence-electron chi connectivity index (χ2n) is 4.61. The molecule has 0 aromatic heterocycles. The number of carbonyl (C=O) groups is 1. The van der Waals surface area contributed by atoms with Crippen molar-refractivity contribution in [2.45, 2.75) is 0 Å². The Morgan fingerprint density at radius 1 is 1.08 bits per heavy atom. The van der Waals surface area contributed by atoms with Crippen LogP contribution in [-0.2, 0) is 0 Å². The first-order valence-corrected chi connectivity index (χ1v) is 6.72. The average Bonchev–Trinajstić information content (AvgIpc) is 2.62. The lowest BCUT2D eigenvalue weighted by atomic mass is 10.0. The summed E-state index contributed by atoms with van der Waals surface area (Å²) in [6.07, 6.45) is 1.07. The van der Waals surface area contributed by atoms with Crippen molar-refractivity contribution in [2.24, 2.45) is 0 Å². The maximum atomic E-state index is 12.4. The van der Waals surface area contributed by atoms with E-state index >= 15 is 0 Å². The summed E-state index contributed by atoms with van der Waals surface area (Å²) in [7, 11) is 0. The zero-order valence-electron chi connectivity index (χ0n) is 12.3. The third-order valence-corrected chi connectivity index (χ3v) is 3.11. The Balaban J connectivity index is 2.39. The summed E-state index contributed by atoms with van der Waals surface area (Å²) in [5.41, 5.74) is 0.108. The van der Waals surface area contributed by atoms with Crippen LogP contribution >= 0.6 is 0 Å². The number of anilines is 1. The van der Waals surface area contributed by atoms with Gasteiger partial charge in [-0.3, -0.25) is 14.9 Å². The molecule has 116 valence electrons. The number of hydrogen-bond acceptors (Lipinski definition) is 6. The van der Waals surface area contributed by atoms with Gasteiger partial charge in [0.05, 0.1) is 4.92 Å². The van der Waals surface area contributed by atoms with Crippen LogP contribution in [0.4, 0.5) is 11.4 Å². The summed E-state index contributed by atoms with van der Waals surface area (Å²) in [6.45, 7) is 0. The maximum Gasteiger partial charge on any atom is 0.293 e. The SMILES string of the molecule is N#CC(C#N)=CNc1ccc(C(=O)c2ccccc2)cc1[N+](=O)[O-]. The number of allylic oxidation sites excluding steroid dienone is 1. The Morgan fingerprint density at radius 3 is 2.33 bits per heavy atom. The predicted molar refractivity (Wildman–Crippen MR) is 85.9 cm³/mol. The van der Waals surface area contributed by atoms with E-state index < -0.39 is 4.92 Å². The van der Waals surface area contributed by atoms with E-state index in [1.165, 1.54) is 12.1 Å². The van der Waals surface area contributed by atoms with Crippen molar-refractivity contribution in [1.29, 1.82) is 10.5 Å². The Kier molecular flexibility index (Phi) is 5.02. The molecule has 2 rings (SSSR count). The third kappa shape index (κ3) is 3.62. The maximum absolute atomic E-state index is 12.4. The van der Waals surface area contributed by atoms with Crippen LogP contribution in [-0.4, -0.2) is 10.7 Å². The van der Waals surface area contributed by atoms with Crippen LogP contribution in [0.25, 0.3) is 0 Å². The van der Waals surface area contributed by atoms with E-state index in [0.29, 0.717) is 5.56 Å². The second-order valence-corrected chi connectivity index (χ2v) is 4.61. The molecule has 0 heterocycles. The van der Waals surface area contributed by atoms with Crippen molar-refractivity contribution in [2.75, 3.05) is 5.32 Å². The molecule has 0 radical (unpaired) electrons. The summed E-state index contributed by atoms with van der Waals surface area (Å²) in [5, 5.41) is 31.1. The lowest BCUT2D eigenvalue weighted by Gasteiger charge is -2.05. The van der Waals surface area contributed by atoms with Crippen LogP contribution in [0.1, 0.15) is 15.9 Å². The van der Waals surface area contributed by atoms with Gasteiger partial charge in [0.15, 0.2) is 5.78 Å². The molecular weight excluding hydrogens is 308 g/mol. The molecule has 0 unspecified atom stereocenters. The quantitative estimate of drug-likeness (QED) is 0.391. The summed E-state index contributed by atoms with van der Waals surface area (Å²) in [6, 6.07) is 15.6. The van der Waals surface area contributed by atoms with Crippen molar-refractivity contribution < 1.29 is 9.72 Å². The molecule has 0 spiro atoms. The second kappa shape index (κ2) is 7.34. The molecule has 2 aromatic carbocycles. The van der Waals surface area contributed by atoms with Gasteiger partial charge in [0.1, 0.15) is 23.4 Å². The van der Waals surface area contributed by atoms with Gasteiger partial charge in [-0.25, -0.2) is 0 Å². The fourth-order valence-electron chi connectivity index (χ4n) is 1.94. The molecule has 0 saturated heterocycles. The van der Waals surface area contributed by atoms with Crippen molar-refractivity contribution in [3.63, 3.8) is 0 Å². The minimum atomic E-state index is -0.642. The highest BCUT2D eigenvalue weighted by atomic mass is 16.6. The molecule has 7 heteroatoms. The monoisotopic (exact) mass is 318 g/mol. The molecule has 0 aliphatic carbocycles. The molecule has 0 amide bonds. The third-order valence-electron chi connectivity index (χ3n) is 3.11. The first kappa shape index (κ1) is 16.4. The summed E-state index contributed by atoms with van der Waals surface area (Å²) in [5.74, 6) is -0.337. The summed E-state index contributed by atoms with van der Waals surface area (Å²) in [4.78, 5) is 22.9. The van der Waals surface area contributed by atoms with Crippen molar-refractivity contribution in [3.8, 4) is 12.1 Å². The minimum Gasteiger partial charge on any atom is -0.354 e. The van der Waals surface area contributed by atoms with E-state index in [0.717, 1.165) is 12.3 Å². The number of benzene rings is 2. The zero-order chi connectivity index (χ0) is 17.5. The van der Waals surface area contributed by atoms with E-state index in [9.17, 15) is 14.9 Å². The number of ketones is 1. The largest absolute Gasteiger partial charge is 0.354 e. The van der Waals surface area contributed by atoms with Crippen LogP contribution in [0, 0.1) is 32.8 Å². The van der Waals surface area contributed by atoms with Crippen molar-refractivity contribution >= 4 is 17.2 Å². The smallest absolute Gasteiger partial charge is 0.293 e. The fraction of sp³-hybridized carbons (Fsp3) is 0. The molecule has 24 heavy (non-hydrogen) atoms. The van der Waals surface area contributed by atoms with Gasteiger partial charge >= 0.3 is 0 Å². The van der Waals surface area contributed by atoms with Crippen molar-refractivity contribution in [1.82, 2.24) is 0 Å². The van der Waals surface area contributed by atoms with E-state index in [2.05, 4.69) is 5.32 Å². The fourth-order valence-corrected chi connectivity index (χ4v) is 1.94. The van der Waals surface area contributed by atoms with Gasteiger partial charge in [0.2, 0.25) is 0 Å². The predicted octanol–water partition coefficient (Wildman–Crippen LogP) is 3.17. The lowest BCUT2D eigenvalue weighted by molar-refractivity contribution is -0.383. The molecule has 0 fully saturated rings. The van der Waals surface area contributed by atoms with Crippen LogP contribution in [0.3, 0.4) is 0 Å². The number of carbonyl (C=O) groups excluding carboxylic acids is 1. The topological polar surface area (TPSA) is 120 Å². The normalized spacial score (nSPS) is 9.25. The van der Waals surface area contributed by atoms with Gasteiger partial charge in [0.25, 0.3) is 5.69 Å². The average molecular weight is 318 g/mol. The highest BCUT2D eigenvalue weighted by molar-refractivity contribution is 6.09. The molecule has 0 bridgehead atoms. The number of nitriles is 2. The number of nitrogens with zero attached hydrogens (tertiary/aromatic N) is 3. The van der Waals surface area contributed by atoms with Gasteiger partial charge < -0.3 is 5.32 Å². The van der Waals surface area contributed by atoms with Gasteiger partial charge in [0, 0.05) is 23.4 Å². The highest BCUT2D eigenvalue weighted by Crippen LogP contribution is 2.27. The number of nitro benzene ring substituents is 1. The molecule has 2 aromatic rings. The Hall–Kier alpha value is -3.97. The number of rotatable bonds is 5. The number of nitro groups is 1. The first-order valence-electron chi connectivity index (χ1n) is 6.72. The van der Waals surface area contributed by atoms with Gasteiger partial charge in [-0.15, -0.1) is 0 Å². The highest BCUT2D eigenvalue weighted by Gasteiger charge is 2.18. The number of nitrogens with one attached hydrogen (secondary N) is 1. The van der Waals surface area contributed by atoms with E-state index in [1.807, 2.05) is 0 Å². The Morgan fingerprint density at radius 2 is 1.75 bits per heavy atom. The minimum absolute atomic E-state index is 0.0765. The Bertz CT molecular complexity index is 890. The van der Waals surface area contributed by atoms with Gasteiger partial charge in [-0.05, 0) is 12.1 Å².